The number of carbonyl (C=O) groups is 1. The summed E-state index contributed by atoms with van der Waals surface area (Å²) < 4.78 is 13.8. The largest absolute Gasteiger partial charge is 0.506 e. The Labute approximate surface area is 189 Å². The molecule has 0 saturated heterocycles. The van der Waals surface area contributed by atoms with Gasteiger partial charge in [0.25, 0.3) is 0 Å². The van der Waals surface area contributed by atoms with Crippen molar-refractivity contribution >= 4 is 55.9 Å². The van der Waals surface area contributed by atoms with Gasteiger partial charge in [0.15, 0.2) is 4.88 Å². The number of imidazole rings is 1. The van der Waals surface area contributed by atoms with Gasteiger partial charge in [-0.3, -0.25) is 4.57 Å². The van der Waals surface area contributed by atoms with Crippen LogP contribution in [0, 0.1) is 0 Å². The van der Waals surface area contributed by atoms with Crippen LogP contribution >= 0.6 is 38.9 Å². The van der Waals surface area contributed by atoms with Crippen molar-refractivity contribution in [3.8, 4) is 16.5 Å². The molecule has 0 spiro atoms. The van der Waals surface area contributed by atoms with Crippen LogP contribution < -0.4 is 4.74 Å². The Hall–Kier alpha value is -2.55. The zero-order valence-corrected chi connectivity index (χ0v) is 19.1. The summed E-state index contributed by atoms with van der Waals surface area (Å²) in [7, 11) is 1.32. The molecule has 0 amide bonds. The molecule has 9 heteroatoms. The molecular formula is C21H16BrClN2O4S. The predicted molar refractivity (Wildman–Crippen MR) is 120 cm³/mol. The molecule has 4 rings (SSSR count). The van der Waals surface area contributed by atoms with E-state index in [9.17, 15) is 9.90 Å². The van der Waals surface area contributed by atoms with Crippen LogP contribution in [0.1, 0.15) is 28.3 Å². The molecule has 0 aliphatic rings. The van der Waals surface area contributed by atoms with Gasteiger partial charge in [-0.05, 0) is 31.2 Å². The van der Waals surface area contributed by atoms with Crippen LogP contribution in [0.15, 0.2) is 53.3 Å². The molecule has 1 N–H and O–H groups in total. The Kier molecular flexibility index (Phi) is 5.73. The molecule has 4 aromatic rings. The van der Waals surface area contributed by atoms with Crippen LogP contribution in [-0.2, 0) is 4.74 Å². The molecule has 30 heavy (non-hydrogen) atoms. The summed E-state index contributed by atoms with van der Waals surface area (Å²) in [5.41, 5.74) is 2.32. The standard InChI is InChI=1S/C21H16BrClN2O4S/c1-11(13-4-3-5-16(26)19(13)23)29-17-9-18(30-20(17)21(27)28-2)25-10-24-14-7-6-12(22)8-15(14)25/h3-11,26H,1-2H3. The molecule has 0 aliphatic heterocycles. The SMILES string of the molecule is COC(=O)c1sc(-n2cnc3ccc(Br)cc32)cc1OC(C)c1cccc(O)c1Cl. The third-order valence-corrected chi connectivity index (χ3v) is 6.55. The number of phenolic OH excluding ortho intramolecular Hbond substituents is 1. The molecule has 1 atom stereocenters. The first-order valence-corrected chi connectivity index (χ1v) is 10.9. The maximum Gasteiger partial charge on any atom is 0.351 e. The number of halogens is 2. The van der Waals surface area contributed by atoms with Gasteiger partial charge in [-0.15, -0.1) is 11.3 Å². The highest BCUT2D eigenvalue weighted by atomic mass is 79.9. The van der Waals surface area contributed by atoms with Crippen LogP contribution in [0.25, 0.3) is 16.0 Å². The van der Waals surface area contributed by atoms with Gasteiger partial charge in [-0.2, -0.15) is 0 Å². The lowest BCUT2D eigenvalue weighted by atomic mass is 10.1. The lowest BCUT2D eigenvalue weighted by Gasteiger charge is -2.16. The van der Waals surface area contributed by atoms with E-state index in [0.717, 1.165) is 20.5 Å². The summed E-state index contributed by atoms with van der Waals surface area (Å²) in [5, 5.41) is 10.8. The number of aromatic hydroxyl groups is 1. The van der Waals surface area contributed by atoms with Crippen molar-refractivity contribution in [3.05, 3.63) is 68.7 Å². The summed E-state index contributed by atoms with van der Waals surface area (Å²) in [6, 6.07) is 12.5. The minimum atomic E-state index is -0.510. The lowest BCUT2D eigenvalue weighted by Crippen LogP contribution is -2.07. The van der Waals surface area contributed by atoms with Crippen LogP contribution in [0.5, 0.6) is 11.5 Å². The first-order chi connectivity index (χ1) is 14.4. The maximum atomic E-state index is 12.4. The normalized spacial score (nSPS) is 12.1. The van der Waals surface area contributed by atoms with E-state index in [1.165, 1.54) is 24.5 Å². The number of benzene rings is 2. The second kappa shape index (κ2) is 8.29. The molecule has 0 aliphatic carbocycles. The van der Waals surface area contributed by atoms with Gasteiger partial charge in [0.05, 0.1) is 23.2 Å². The van der Waals surface area contributed by atoms with E-state index in [-0.39, 0.29) is 10.8 Å². The van der Waals surface area contributed by atoms with E-state index in [1.54, 1.807) is 31.5 Å². The van der Waals surface area contributed by atoms with Gasteiger partial charge in [-0.25, -0.2) is 9.78 Å². The second-order valence-corrected chi connectivity index (χ2v) is 8.78. The third kappa shape index (κ3) is 3.78. The van der Waals surface area contributed by atoms with Crippen molar-refractivity contribution in [2.75, 3.05) is 7.11 Å². The number of nitrogens with zero attached hydrogens (tertiary/aromatic N) is 2. The summed E-state index contributed by atoms with van der Waals surface area (Å²) >= 11 is 10.9. The Morgan fingerprint density at radius 2 is 2.10 bits per heavy atom. The molecule has 2 aromatic heterocycles. The fourth-order valence-corrected chi connectivity index (χ4v) is 4.69. The molecule has 2 heterocycles. The number of fused-ring (bicyclic) bond motifs is 1. The smallest absolute Gasteiger partial charge is 0.351 e. The van der Waals surface area contributed by atoms with Crippen molar-refractivity contribution in [1.29, 1.82) is 0 Å². The van der Waals surface area contributed by atoms with E-state index < -0.39 is 12.1 Å². The minimum absolute atomic E-state index is 0.0284. The second-order valence-electron chi connectivity index (χ2n) is 6.46. The fourth-order valence-electron chi connectivity index (χ4n) is 3.06. The molecule has 1 unspecified atom stereocenters. The van der Waals surface area contributed by atoms with Gasteiger partial charge in [0, 0.05) is 16.1 Å². The average Bonchev–Trinajstić information content (AvgIpc) is 3.33. The Bertz CT molecular complexity index is 1250. The monoisotopic (exact) mass is 506 g/mol. The quantitative estimate of drug-likeness (QED) is 0.329. The zero-order chi connectivity index (χ0) is 21.4. The summed E-state index contributed by atoms with van der Waals surface area (Å²) in [6.45, 7) is 1.79. The van der Waals surface area contributed by atoms with Crippen LogP contribution in [0.4, 0.5) is 0 Å². The molecule has 2 aromatic carbocycles. The van der Waals surface area contributed by atoms with E-state index in [4.69, 9.17) is 21.1 Å². The van der Waals surface area contributed by atoms with Crippen molar-refractivity contribution in [1.82, 2.24) is 9.55 Å². The van der Waals surface area contributed by atoms with Crippen LogP contribution in [-0.4, -0.2) is 27.7 Å². The topological polar surface area (TPSA) is 73.6 Å². The van der Waals surface area contributed by atoms with E-state index in [1.807, 2.05) is 22.8 Å². The minimum Gasteiger partial charge on any atom is -0.506 e. The number of carbonyl (C=O) groups excluding carboxylic acids is 1. The van der Waals surface area contributed by atoms with Crippen molar-refractivity contribution < 1.29 is 19.4 Å². The van der Waals surface area contributed by atoms with E-state index in [2.05, 4.69) is 20.9 Å². The Morgan fingerprint density at radius 1 is 1.30 bits per heavy atom. The molecular weight excluding hydrogens is 492 g/mol. The van der Waals surface area contributed by atoms with E-state index >= 15 is 0 Å². The number of hydrogen-bond acceptors (Lipinski definition) is 6. The number of esters is 1. The third-order valence-electron chi connectivity index (χ3n) is 4.55. The van der Waals surface area contributed by atoms with Gasteiger partial charge in [0.1, 0.15) is 28.9 Å². The lowest BCUT2D eigenvalue weighted by molar-refractivity contribution is 0.0600. The number of aromatic nitrogens is 2. The number of methoxy groups -OCH3 is 1. The number of hydrogen-bond donors (Lipinski definition) is 1. The van der Waals surface area contributed by atoms with Gasteiger partial charge >= 0.3 is 5.97 Å². The van der Waals surface area contributed by atoms with Gasteiger partial charge in [-0.1, -0.05) is 39.7 Å². The van der Waals surface area contributed by atoms with Crippen LogP contribution in [0.3, 0.4) is 0 Å². The number of ether oxygens (including phenoxy) is 2. The molecule has 6 nitrogen and oxygen atoms in total. The Morgan fingerprint density at radius 3 is 2.87 bits per heavy atom. The Balaban J connectivity index is 1.76. The van der Waals surface area contributed by atoms with Gasteiger partial charge in [0.2, 0.25) is 0 Å². The molecule has 154 valence electrons. The highest BCUT2D eigenvalue weighted by Crippen LogP contribution is 2.39. The number of phenols is 1. The average molecular weight is 508 g/mol. The fraction of sp³-hybridized carbons (Fsp3) is 0.143. The number of rotatable bonds is 5. The highest BCUT2D eigenvalue weighted by Gasteiger charge is 2.23. The summed E-state index contributed by atoms with van der Waals surface area (Å²) in [5.74, 6) is -0.161. The van der Waals surface area contributed by atoms with E-state index in [0.29, 0.717) is 16.2 Å². The van der Waals surface area contributed by atoms with Crippen molar-refractivity contribution in [2.45, 2.75) is 13.0 Å². The summed E-state index contributed by atoms with van der Waals surface area (Å²) in [4.78, 5) is 17.1. The first-order valence-electron chi connectivity index (χ1n) is 8.88. The number of thiophene rings is 1. The molecule has 0 bridgehead atoms. The zero-order valence-electron chi connectivity index (χ0n) is 15.9. The molecule has 0 radical (unpaired) electrons. The first kappa shape index (κ1) is 20.7. The maximum absolute atomic E-state index is 12.4. The highest BCUT2D eigenvalue weighted by molar-refractivity contribution is 9.10. The summed E-state index contributed by atoms with van der Waals surface area (Å²) in [6.07, 6.45) is 1.19. The van der Waals surface area contributed by atoms with Crippen molar-refractivity contribution in [2.24, 2.45) is 0 Å². The van der Waals surface area contributed by atoms with Crippen molar-refractivity contribution in [3.63, 3.8) is 0 Å². The van der Waals surface area contributed by atoms with Crippen LogP contribution in [0.2, 0.25) is 5.02 Å². The molecule has 0 fully saturated rings. The van der Waals surface area contributed by atoms with Gasteiger partial charge < -0.3 is 14.6 Å². The predicted octanol–water partition coefficient (Wildman–Crippen LogP) is 6.14. The molecule has 0 saturated carbocycles.